The van der Waals surface area contributed by atoms with Crippen molar-refractivity contribution in [3.05, 3.63) is 47.5 Å². The SMILES string of the molecule is Cc1c(C(=O)NC(CN)C2CC2)cnn1-c1ccccc1F.Cl. The molecule has 0 bridgehead atoms. The number of nitrogens with two attached hydrogens (primary N) is 1. The van der Waals surface area contributed by atoms with Crippen LogP contribution in [-0.4, -0.2) is 28.3 Å². The second-order valence-electron chi connectivity index (χ2n) is 5.66. The van der Waals surface area contributed by atoms with Crippen molar-refractivity contribution in [2.24, 2.45) is 11.7 Å². The maximum Gasteiger partial charge on any atom is 0.255 e. The fourth-order valence-electron chi connectivity index (χ4n) is 2.61. The van der Waals surface area contributed by atoms with E-state index in [0.717, 1.165) is 12.8 Å². The molecule has 1 fully saturated rings. The molecular weight excluding hydrogens is 319 g/mol. The van der Waals surface area contributed by atoms with Crippen LogP contribution < -0.4 is 11.1 Å². The van der Waals surface area contributed by atoms with Crippen LogP contribution in [0.4, 0.5) is 4.39 Å². The molecule has 1 aliphatic rings. The van der Waals surface area contributed by atoms with Gasteiger partial charge in [0, 0.05) is 12.6 Å². The van der Waals surface area contributed by atoms with Crippen LogP contribution in [0, 0.1) is 18.7 Å². The monoisotopic (exact) mass is 338 g/mol. The maximum atomic E-state index is 13.9. The number of hydrogen-bond donors (Lipinski definition) is 2. The van der Waals surface area contributed by atoms with Crippen LogP contribution in [0.15, 0.2) is 30.5 Å². The number of aromatic nitrogens is 2. The summed E-state index contributed by atoms with van der Waals surface area (Å²) in [5.74, 6) is -0.100. The molecule has 2 aromatic rings. The van der Waals surface area contributed by atoms with Gasteiger partial charge in [0.15, 0.2) is 0 Å². The molecule has 0 radical (unpaired) electrons. The van der Waals surface area contributed by atoms with E-state index in [4.69, 9.17) is 5.73 Å². The highest BCUT2D eigenvalue weighted by molar-refractivity contribution is 5.95. The van der Waals surface area contributed by atoms with Gasteiger partial charge >= 0.3 is 0 Å². The second kappa shape index (κ2) is 7.10. The Morgan fingerprint density at radius 3 is 2.78 bits per heavy atom. The molecule has 0 spiro atoms. The lowest BCUT2D eigenvalue weighted by atomic mass is 10.1. The number of carbonyl (C=O) groups is 1. The number of benzene rings is 1. The van der Waals surface area contributed by atoms with Crippen LogP contribution in [0.3, 0.4) is 0 Å². The number of nitrogens with zero attached hydrogens (tertiary/aromatic N) is 2. The van der Waals surface area contributed by atoms with Crippen molar-refractivity contribution in [3.8, 4) is 5.69 Å². The van der Waals surface area contributed by atoms with Gasteiger partial charge in [-0.2, -0.15) is 5.10 Å². The van der Waals surface area contributed by atoms with E-state index in [2.05, 4.69) is 10.4 Å². The van der Waals surface area contributed by atoms with Gasteiger partial charge in [0.25, 0.3) is 5.91 Å². The summed E-state index contributed by atoms with van der Waals surface area (Å²) in [6.07, 6.45) is 3.68. The maximum absolute atomic E-state index is 13.9. The number of amides is 1. The largest absolute Gasteiger partial charge is 0.348 e. The number of rotatable bonds is 5. The second-order valence-corrected chi connectivity index (χ2v) is 5.66. The zero-order chi connectivity index (χ0) is 15.7. The summed E-state index contributed by atoms with van der Waals surface area (Å²) in [6.45, 7) is 2.18. The van der Waals surface area contributed by atoms with Gasteiger partial charge in [-0.05, 0) is 37.8 Å². The van der Waals surface area contributed by atoms with Crippen LogP contribution in [0.1, 0.15) is 28.9 Å². The van der Waals surface area contributed by atoms with Crippen LogP contribution >= 0.6 is 12.4 Å². The topological polar surface area (TPSA) is 72.9 Å². The highest BCUT2D eigenvalue weighted by Gasteiger charge is 2.32. The summed E-state index contributed by atoms with van der Waals surface area (Å²) in [5, 5.41) is 7.10. The lowest BCUT2D eigenvalue weighted by Gasteiger charge is -2.15. The van der Waals surface area contributed by atoms with Crippen molar-refractivity contribution in [1.82, 2.24) is 15.1 Å². The van der Waals surface area contributed by atoms with Crippen molar-refractivity contribution < 1.29 is 9.18 Å². The smallest absolute Gasteiger partial charge is 0.255 e. The van der Waals surface area contributed by atoms with Crippen molar-refractivity contribution in [2.45, 2.75) is 25.8 Å². The van der Waals surface area contributed by atoms with Crippen molar-refractivity contribution in [3.63, 3.8) is 0 Å². The molecule has 23 heavy (non-hydrogen) atoms. The van der Waals surface area contributed by atoms with Crippen LogP contribution in [0.25, 0.3) is 5.69 Å². The molecule has 1 heterocycles. The third-order valence-electron chi connectivity index (χ3n) is 4.10. The van der Waals surface area contributed by atoms with Gasteiger partial charge in [-0.3, -0.25) is 4.79 Å². The number of nitrogens with one attached hydrogen (secondary N) is 1. The van der Waals surface area contributed by atoms with Gasteiger partial charge in [-0.25, -0.2) is 9.07 Å². The predicted molar refractivity (Wildman–Crippen MR) is 88.5 cm³/mol. The molecule has 1 aromatic carbocycles. The van der Waals surface area contributed by atoms with E-state index in [-0.39, 0.29) is 30.2 Å². The molecule has 1 atom stereocenters. The summed E-state index contributed by atoms with van der Waals surface area (Å²) in [4.78, 5) is 12.4. The van der Waals surface area contributed by atoms with Gasteiger partial charge in [0.1, 0.15) is 11.5 Å². The number of halogens is 2. The Hall–Kier alpha value is -1.92. The van der Waals surface area contributed by atoms with E-state index < -0.39 is 0 Å². The molecule has 124 valence electrons. The Kier molecular flexibility index (Phi) is 5.38. The molecular formula is C16H20ClFN4O. The number of hydrogen-bond acceptors (Lipinski definition) is 3. The first-order valence-corrected chi connectivity index (χ1v) is 7.42. The fourth-order valence-corrected chi connectivity index (χ4v) is 2.61. The lowest BCUT2D eigenvalue weighted by molar-refractivity contribution is 0.0933. The Balaban J connectivity index is 0.00000192. The lowest BCUT2D eigenvalue weighted by Crippen LogP contribution is -2.41. The number of carbonyl (C=O) groups excluding carboxylic acids is 1. The van der Waals surface area contributed by atoms with Gasteiger partial charge in [0.05, 0.1) is 17.5 Å². The third-order valence-corrected chi connectivity index (χ3v) is 4.10. The highest BCUT2D eigenvalue weighted by Crippen LogP contribution is 2.32. The summed E-state index contributed by atoms with van der Waals surface area (Å²) >= 11 is 0. The van der Waals surface area contributed by atoms with E-state index in [9.17, 15) is 9.18 Å². The Morgan fingerprint density at radius 2 is 2.17 bits per heavy atom. The molecule has 1 amide bonds. The molecule has 1 saturated carbocycles. The normalized spacial score (nSPS) is 14.9. The van der Waals surface area contributed by atoms with Gasteiger partial charge in [0.2, 0.25) is 0 Å². The average Bonchev–Trinajstić information content (AvgIpc) is 3.28. The standard InChI is InChI=1S/C16H19FN4O.ClH/c1-10-12(16(22)20-14(8-18)11-6-7-11)9-19-21(10)15-5-3-2-4-13(15)17;/h2-5,9,11,14H,6-8,18H2,1H3,(H,20,22);1H. The van der Waals surface area contributed by atoms with Crippen LogP contribution in [0.2, 0.25) is 0 Å². The minimum Gasteiger partial charge on any atom is -0.348 e. The van der Waals surface area contributed by atoms with Gasteiger partial charge in [-0.1, -0.05) is 12.1 Å². The molecule has 1 aromatic heterocycles. The molecule has 0 aliphatic heterocycles. The number of para-hydroxylation sites is 1. The summed E-state index contributed by atoms with van der Waals surface area (Å²) in [5.41, 5.74) is 7.09. The minimum absolute atomic E-state index is 0. The molecule has 1 aliphatic carbocycles. The summed E-state index contributed by atoms with van der Waals surface area (Å²) in [7, 11) is 0. The van der Waals surface area contributed by atoms with E-state index in [1.54, 1.807) is 25.1 Å². The Labute approximate surface area is 140 Å². The first-order valence-electron chi connectivity index (χ1n) is 7.42. The first-order chi connectivity index (χ1) is 10.6. The van der Waals surface area contributed by atoms with Crippen LogP contribution in [-0.2, 0) is 0 Å². The van der Waals surface area contributed by atoms with E-state index in [1.807, 2.05) is 0 Å². The highest BCUT2D eigenvalue weighted by atomic mass is 35.5. The Morgan fingerprint density at radius 1 is 1.48 bits per heavy atom. The molecule has 0 saturated heterocycles. The zero-order valence-corrected chi connectivity index (χ0v) is 13.6. The van der Waals surface area contributed by atoms with Crippen molar-refractivity contribution in [2.75, 3.05) is 6.54 Å². The zero-order valence-electron chi connectivity index (χ0n) is 12.8. The van der Waals surface area contributed by atoms with E-state index in [1.165, 1.54) is 16.9 Å². The van der Waals surface area contributed by atoms with E-state index >= 15 is 0 Å². The quantitative estimate of drug-likeness (QED) is 0.878. The molecule has 5 nitrogen and oxygen atoms in total. The Bertz CT molecular complexity index is 699. The summed E-state index contributed by atoms with van der Waals surface area (Å²) in [6, 6.07) is 6.35. The van der Waals surface area contributed by atoms with E-state index in [0.29, 0.717) is 29.4 Å². The van der Waals surface area contributed by atoms with Crippen molar-refractivity contribution >= 4 is 18.3 Å². The van der Waals surface area contributed by atoms with Gasteiger partial charge in [-0.15, -0.1) is 12.4 Å². The predicted octanol–water partition coefficient (Wildman–Crippen LogP) is 2.21. The first kappa shape index (κ1) is 17.4. The molecule has 1 unspecified atom stereocenters. The molecule has 7 heteroatoms. The van der Waals surface area contributed by atoms with Crippen molar-refractivity contribution in [1.29, 1.82) is 0 Å². The molecule has 3 rings (SSSR count). The average molecular weight is 339 g/mol. The van der Waals surface area contributed by atoms with Crippen LogP contribution in [0.5, 0.6) is 0 Å². The van der Waals surface area contributed by atoms with Gasteiger partial charge < -0.3 is 11.1 Å². The summed E-state index contributed by atoms with van der Waals surface area (Å²) < 4.78 is 15.3. The fraction of sp³-hybridized carbons (Fsp3) is 0.375. The molecule has 3 N–H and O–H groups in total. The third kappa shape index (κ3) is 3.54. The minimum atomic E-state index is -0.376.